The van der Waals surface area contributed by atoms with Crippen LogP contribution in [-0.2, 0) is 5.41 Å². The molecule has 19 heavy (non-hydrogen) atoms. The van der Waals surface area contributed by atoms with Gasteiger partial charge in [-0.3, -0.25) is 0 Å². The van der Waals surface area contributed by atoms with Gasteiger partial charge in [0.05, 0.1) is 0 Å². The van der Waals surface area contributed by atoms with Crippen LogP contribution in [0, 0.1) is 0 Å². The molecular weight excluding hydrogens is 236 g/mol. The topological polar surface area (TPSA) is 56.2 Å². The molecule has 0 aliphatic heterocycles. The Labute approximate surface area is 115 Å². The van der Waals surface area contributed by atoms with Crippen molar-refractivity contribution in [2.45, 2.75) is 58.3 Å². The van der Waals surface area contributed by atoms with Crippen molar-refractivity contribution in [3.05, 3.63) is 24.2 Å². The molecule has 0 fully saturated rings. The fourth-order valence-corrected chi connectivity index (χ4v) is 2.59. The molecule has 0 aliphatic carbocycles. The summed E-state index contributed by atoms with van der Waals surface area (Å²) >= 11 is 0. The summed E-state index contributed by atoms with van der Waals surface area (Å²) in [5, 5.41) is 4.34. The molecule has 2 aromatic rings. The van der Waals surface area contributed by atoms with E-state index >= 15 is 0 Å². The zero-order chi connectivity index (χ0) is 13.9. The monoisotopic (exact) mass is 260 g/mol. The van der Waals surface area contributed by atoms with E-state index in [0.717, 1.165) is 5.52 Å². The third-order valence-corrected chi connectivity index (χ3v) is 3.83. The van der Waals surface area contributed by atoms with E-state index < -0.39 is 0 Å². The molecule has 0 aliphatic rings. The van der Waals surface area contributed by atoms with Gasteiger partial charge < -0.3 is 5.73 Å². The lowest BCUT2D eigenvalue weighted by Gasteiger charge is -2.24. The summed E-state index contributed by atoms with van der Waals surface area (Å²) in [5.41, 5.74) is 8.11. The van der Waals surface area contributed by atoms with Gasteiger partial charge in [-0.05, 0) is 18.6 Å². The minimum absolute atomic E-state index is 0.112. The van der Waals surface area contributed by atoms with E-state index in [-0.39, 0.29) is 5.41 Å². The Bertz CT molecular complexity index is 542. The van der Waals surface area contributed by atoms with Crippen molar-refractivity contribution >= 4 is 11.3 Å². The number of nitrogen functional groups attached to an aromatic ring is 1. The highest BCUT2D eigenvalue weighted by Gasteiger charge is 2.24. The molecule has 104 valence electrons. The molecule has 2 N–H and O–H groups in total. The predicted molar refractivity (Wildman–Crippen MR) is 79.2 cm³/mol. The van der Waals surface area contributed by atoms with E-state index in [0.29, 0.717) is 5.82 Å². The van der Waals surface area contributed by atoms with E-state index in [1.54, 1.807) is 0 Å². The van der Waals surface area contributed by atoms with Gasteiger partial charge in [0.15, 0.2) is 5.82 Å². The number of hydrogen-bond donors (Lipinski definition) is 1. The molecule has 4 heteroatoms. The minimum atomic E-state index is 0.112. The summed E-state index contributed by atoms with van der Waals surface area (Å²) in [7, 11) is 0. The van der Waals surface area contributed by atoms with Gasteiger partial charge in [0.1, 0.15) is 11.8 Å². The molecule has 2 rings (SSSR count). The molecule has 0 saturated carbocycles. The number of nitrogens with zero attached hydrogens (tertiary/aromatic N) is 3. The molecule has 2 aromatic heterocycles. The van der Waals surface area contributed by atoms with E-state index in [1.165, 1.54) is 44.1 Å². The van der Waals surface area contributed by atoms with Crippen LogP contribution >= 0.6 is 0 Å². The van der Waals surface area contributed by atoms with Crippen LogP contribution in [0.5, 0.6) is 0 Å². The van der Waals surface area contributed by atoms with Gasteiger partial charge in [-0.25, -0.2) is 9.50 Å². The van der Waals surface area contributed by atoms with Gasteiger partial charge in [0, 0.05) is 11.1 Å². The molecule has 4 nitrogen and oxygen atoms in total. The molecule has 0 atom stereocenters. The normalized spacial score (nSPS) is 12.2. The highest BCUT2D eigenvalue weighted by atomic mass is 15.3. The number of fused-ring (bicyclic) bond motifs is 1. The number of anilines is 1. The van der Waals surface area contributed by atoms with Crippen LogP contribution in [0.15, 0.2) is 18.5 Å². The molecule has 0 aromatic carbocycles. The first-order chi connectivity index (χ1) is 9.06. The van der Waals surface area contributed by atoms with Crippen molar-refractivity contribution in [2.75, 3.05) is 5.73 Å². The number of nitrogens with two attached hydrogens (primary N) is 1. The standard InChI is InChI=1S/C15H24N4/c1-4-5-6-7-10-15(2,3)13-9-8-12-14(16)17-11-18-19(12)13/h8-9,11H,4-7,10H2,1-3H3,(H2,16,17,18). The first-order valence-corrected chi connectivity index (χ1v) is 7.15. The quantitative estimate of drug-likeness (QED) is 0.808. The van der Waals surface area contributed by atoms with Crippen LogP contribution < -0.4 is 5.73 Å². The summed E-state index contributed by atoms with van der Waals surface area (Å²) < 4.78 is 1.93. The lowest BCUT2D eigenvalue weighted by atomic mass is 9.83. The largest absolute Gasteiger partial charge is 0.382 e. The third-order valence-electron chi connectivity index (χ3n) is 3.83. The van der Waals surface area contributed by atoms with E-state index in [2.05, 4.69) is 36.9 Å². The Morgan fingerprint density at radius 2 is 2.00 bits per heavy atom. The van der Waals surface area contributed by atoms with Crippen molar-refractivity contribution in [2.24, 2.45) is 0 Å². The number of unbranched alkanes of at least 4 members (excludes halogenated alkanes) is 3. The van der Waals surface area contributed by atoms with Crippen molar-refractivity contribution in [1.29, 1.82) is 0 Å². The van der Waals surface area contributed by atoms with Crippen LogP contribution in [0.2, 0.25) is 0 Å². The Kier molecular flexibility index (Phi) is 4.08. The lowest BCUT2D eigenvalue weighted by Crippen LogP contribution is -2.20. The fraction of sp³-hybridized carbons (Fsp3) is 0.600. The summed E-state index contributed by atoms with van der Waals surface area (Å²) in [6, 6.07) is 4.14. The first-order valence-electron chi connectivity index (χ1n) is 7.15. The highest BCUT2D eigenvalue weighted by Crippen LogP contribution is 2.31. The van der Waals surface area contributed by atoms with Crippen LogP contribution in [0.1, 0.15) is 58.6 Å². The average molecular weight is 260 g/mol. The molecule has 0 spiro atoms. The molecule has 0 unspecified atom stereocenters. The Hall–Kier alpha value is -1.58. The first kappa shape index (κ1) is 13.8. The molecule has 2 heterocycles. The number of rotatable bonds is 6. The Morgan fingerprint density at radius 1 is 1.21 bits per heavy atom. The zero-order valence-corrected chi connectivity index (χ0v) is 12.2. The molecule has 0 radical (unpaired) electrons. The maximum Gasteiger partial charge on any atom is 0.151 e. The zero-order valence-electron chi connectivity index (χ0n) is 12.2. The number of aromatic nitrogens is 3. The molecular formula is C15H24N4. The summed E-state index contributed by atoms with van der Waals surface area (Å²) in [5.74, 6) is 0.544. The fourth-order valence-electron chi connectivity index (χ4n) is 2.59. The minimum Gasteiger partial charge on any atom is -0.382 e. The second-order valence-corrected chi connectivity index (χ2v) is 5.86. The predicted octanol–water partition coefficient (Wildman–Crippen LogP) is 3.56. The second kappa shape index (κ2) is 5.59. The van der Waals surface area contributed by atoms with Crippen molar-refractivity contribution in [1.82, 2.24) is 14.6 Å². The van der Waals surface area contributed by atoms with E-state index in [4.69, 9.17) is 5.73 Å². The average Bonchev–Trinajstić information content (AvgIpc) is 2.81. The Balaban J connectivity index is 2.20. The maximum atomic E-state index is 5.88. The molecule has 0 amide bonds. The number of hydrogen-bond acceptors (Lipinski definition) is 3. The maximum absolute atomic E-state index is 5.88. The van der Waals surface area contributed by atoms with Gasteiger partial charge >= 0.3 is 0 Å². The van der Waals surface area contributed by atoms with Crippen molar-refractivity contribution in [3.63, 3.8) is 0 Å². The summed E-state index contributed by atoms with van der Waals surface area (Å²) in [6.07, 6.45) is 7.86. The van der Waals surface area contributed by atoms with Gasteiger partial charge in [-0.2, -0.15) is 5.10 Å². The van der Waals surface area contributed by atoms with Crippen LogP contribution in [-0.4, -0.2) is 14.6 Å². The second-order valence-electron chi connectivity index (χ2n) is 5.86. The van der Waals surface area contributed by atoms with Gasteiger partial charge in [-0.15, -0.1) is 0 Å². The van der Waals surface area contributed by atoms with Crippen LogP contribution in [0.3, 0.4) is 0 Å². The smallest absolute Gasteiger partial charge is 0.151 e. The summed E-state index contributed by atoms with van der Waals surface area (Å²) in [6.45, 7) is 6.80. The van der Waals surface area contributed by atoms with E-state index in [9.17, 15) is 0 Å². The van der Waals surface area contributed by atoms with Crippen molar-refractivity contribution < 1.29 is 0 Å². The van der Waals surface area contributed by atoms with Gasteiger partial charge in [-0.1, -0.05) is 46.5 Å². The third kappa shape index (κ3) is 2.88. The van der Waals surface area contributed by atoms with Crippen LogP contribution in [0.4, 0.5) is 5.82 Å². The lowest BCUT2D eigenvalue weighted by molar-refractivity contribution is 0.427. The van der Waals surface area contributed by atoms with Crippen LogP contribution in [0.25, 0.3) is 5.52 Å². The Morgan fingerprint density at radius 3 is 2.74 bits per heavy atom. The van der Waals surface area contributed by atoms with Gasteiger partial charge in [0.2, 0.25) is 0 Å². The highest BCUT2D eigenvalue weighted by molar-refractivity contribution is 5.65. The molecule has 0 bridgehead atoms. The van der Waals surface area contributed by atoms with Crippen molar-refractivity contribution in [3.8, 4) is 0 Å². The summed E-state index contributed by atoms with van der Waals surface area (Å²) in [4.78, 5) is 4.04. The SMILES string of the molecule is CCCCCCC(C)(C)c1ccc2c(N)ncnn12. The van der Waals surface area contributed by atoms with E-state index in [1.807, 2.05) is 10.6 Å². The molecule has 0 saturated heterocycles. The van der Waals surface area contributed by atoms with Gasteiger partial charge in [0.25, 0.3) is 0 Å².